The molecule has 0 aliphatic heterocycles. The Labute approximate surface area is 110 Å². The van der Waals surface area contributed by atoms with E-state index in [4.69, 9.17) is 28.9 Å². The van der Waals surface area contributed by atoms with Gasteiger partial charge in [0.05, 0.1) is 5.92 Å². The number of hydrogen-bond donors (Lipinski definition) is 1. The van der Waals surface area contributed by atoms with Crippen LogP contribution in [0.15, 0.2) is 36.7 Å². The van der Waals surface area contributed by atoms with E-state index in [2.05, 4.69) is 9.97 Å². The van der Waals surface area contributed by atoms with Gasteiger partial charge in [0.15, 0.2) is 0 Å². The van der Waals surface area contributed by atoms with Gasteiger partial charge >= 0.3 is 0 Å². The molecule has 1 aromatic carbocycles. The van der Waals surface area contributed by atoms with Crippen LogP contribution in [0.2, 0.25) is 10.0 Å². The monoisotopic (exact) mass is 267 g/mol. The SMILES string of the molecule is NCC(c1ncccn1)c1ccc(Cl)cc1Cl. The summed E-state index contributed by atoms with van der Waals surface area (Å²) in [7, 11) is 0. The Hall–Kier alpha value is -1.16. The lowest BCUT2D eigenvalue weighted by atomic mass is 9.98. The van der Waals surface area contributed by atoms with E-state index in [0.717, 1.165) is 5.56 Å². The van der Waals surface area contributed by atoms with Gasteiger partial charge in [-0.25, -0.2) is 9.97 Å². The fourth-order valence-electron chi connectivity index (χ4n) is 1.65. The number of nitrogens with zero attached hydrogens (tertiary/aromatic N) is 2. The third-order valence-corrected chi connectivity index (χ3v) is 3.03. The second kappa shape index (κ2) is 5.45. The molecule has 0 aliphatic rings. The smallest absolute Gasteiger partial charge is 0.136 e. The molecule has 0 bridgehead atoms. The summed E-state index contributed by atoms with van der Waals surface area (Å²) in [5, 5.41) is 1.18. The zero-order valence-electron chi connectivity index (χ0n) is 8.98. The highest BCUT2D eigenvalue weighted by molar-refractivity contribution is 6.35. The standard InChI is InChI=1S/C12H11Cl2N3/c13-8-2-3-9(11(14)6-8)10(7-15)12-16-4-1-5-17-12/h1-6,10H,7,15H2. The molecule has 5 heteroatoms. The van der Waals surface area contributed by atoms with E-state index in [1.165, 1.54) is 0 Å². The van der Waals surface area contributed by atoms with Crippen LogP contribution in [0.1, 0.15) is 17.3 Å². The van der Waals surface area contributed by atoms with Crippen LogP contribution in [-0.4, -0.2) is 16.5 Å². The minimum atomic E-state index is -0.110. The highest BCUT2D eigenvalue weighted by atomic mass is 35.5. The molecule has 0 amide bonds. The van der Waals surface area contributed by atoms with Crippen molar-refractivity contribution in [2.75, 3.05) is 6.54 Å². The third kappa shape index (κ3) is 2.75. The van der Waals surface area contributed by atoms with Gasteiger partial charge in [-0.3, -0.25) is 0 Å². The summed E-state index contributed by atoms with van der Waals surface area (Å²) in [6, 6.07) is 7.11. The van der Waals surface area contributed by atoms with Gasteiger partial charge in [-0.2, -0.15) is 0 Å². The molecule has 0 spiro atoms. The van der Waals surface area contributed by atoms with Crippen LogP contribution < -0.4 is 5.73 Å². The first-order chi connectivity index (χ1) is 8.22. The lowest BCUT2D eigenvalue weighted by Crippen LogP contribution is -2.16. The Morgan fingerprint density at radius 2 is 1.88 bits per heavy atom. The summed E-state index contributed by atoms with van der Waals surface area (Å²) >= 11 is 12.0. The molecule has 2 rings (SSSR count). The van der Waals surface area contributed by atoms with Crippen molar-refractivity contribution >= 4 is 23.2 Å². The van der Waals surface area contributed by atoms with E-state index in [9.17, 15) is 0 Å². The van der Waals surface area contributed by atoms with Gasteiger partial charge in [0.25, 0.3) is 0 Å². The quantitative estimate of drug-likeness (QED) is 0.931. The number of halogens is 2. The lowest BCUT2D eigenvalue weighted by molar-refractivity contribution is 0.750. The summed E-state index contributed by atoms with van der Waals surface area (Å²) in [6.07, 6.45) is 3.38. The molecule has 0 fully saturated rings. The van der Waals surface area contributed by atoms with E-state index >= 15 is 0 Å². The minimum Gasteiger partial charge on any atom is -0.329 e. The first kappa shape index (κ1) is 12.3. The molecule has 0 saturated heterocycles. The molecule has 88 valence electrons. The fraction of sp³-hybridized carbons (Fsp3) is 0.167. The van der Waals surface area contributed by atoms with Crippen molar-refractivity contribution in [3.63, 3.8) is 0 Å². The molecule has 17 heavy (non-hydrogen) atoms. The first-order valence-corrected chi connectivity index (χ1v) is 5.90. The predicted molar refractivity (Wildman–Crippen MR) is 69.4 cm³/mol. The highest BCUT2D eigenvalue weighted by Crippen LogP contribution is 2.29. The molecule has 2 aromatic rings. The van der Waals surface area contributed by atoms with Gasteiger partial charge in [0, 0.05) is 29.0 Å². The zero-order valence-corrected chi connectivity index (χ0v) is 10.5. The highest BCUT2D eigenvalue weighted by Gasteiger charge is 2.17. The van der Waals surface area contributed by atoms with Gasteiger partial charge in [-0.05, 0) is 23.8 Å². The molecule has 1 heterocycles. The number of nitrogens with two attached hydrogens (primary N) is 1. The average molecular weight is 268 g/mol. The Balaban J connectivity index is 2.42. The largest absolute Gasteiger partial charge is 0.329 e. The number of aromatic nitrogens is 2. The second-order valence-corrected chi connectivity index (χ2v) is 4.40. The summed E-state index contributed by atoms with van der Waals surface area (Å²) < 4.78 is 0. The van der Waals surface area contributed by atoms with E-state index in [0.29, 0.717) is 22.4 Å². The van der Waals surface area contributed by atoms with Crippen LogP contribution in [0.5, 0.6) is 0 Å². The Kier molecular flexibility index (Phi) is 3.94. The van der Waals surface area contributed by atoms with Crippen LogP contribution in [0, 0.1) is 0 Å². The molecule has 3 nitrogen and oxygen atoms in total. The lowest BCUT2D eigenvalue weighted by Gasteiger charge is -2.15. The van der Waals surface area contributed by atoms with E-state index in [1.54, 1.807) is 30.6 Å². The third-order valence-electron chi connectivity index (χ3n) is 2.47. The van der Waals surface area contributed by atoms with E-state index < -0.39 is 0 Å². The summed E-state index contributed by atoms with van der Waals surface area (Å²) in [4.78, 5) is 8.41. The Bertz CT molecular complexity index is 502. The molecular weight excluding hydrogens is 257 g/mol. The van der Waals surface area contributed by atoms with Crippen molar-refractivity contribution in [3.8, 4) is 0 Å². The van der Waals surface area contributed by atoms with Crippen LogP contribution in [-0.2, 0) is 0 Å². The van der Waals surface area contributed by atoms with Crippen molar-refractivity contribution in [1.29, 1.82) is 0 Å². The normalized spacial score (nSPS) is 12.4. The maximum atomic E-state index is 6.16. The van der Waals surface area contributed by atoms with Gasteiger partial charge in [-0.15, -0.1) is 0 Å². The molecule has 2 N–H and O–H groups in total. The first-order valence-electron chi connectivity index (χ1n) is 5.14. The zero-order chi connectivity index (χ0) is 12.3. The maximum Gasteiger partial charge on any atom is 0.136 e. The molecule has 0 aliphatic carbocycles. The van der Waals surface area contributed by atoms with Crippen LogP contribution in [0.25, 0.3) is 0 Å². The molecule has 1 unspecified atom stereocenters. The van der Waals surface area contributed by atoms with Gasteiger partial charge in [0.1, 0.15) is 5.82 Å². The van der Waals surface area contributed by atoms with Gasteiger partial charge in [0.2, 0.25) is 0 Å². The maximum absolute atomic E-state index is 6.16. The summed E-state index contributed by atoms with van der Waals surface area (Å²) in [5.74, 6) is 0.556. The summed E-state index contributed by atoms with van der Waals surface area (Å²) in [6.45, 7) is 0.394. The topological polar surface area (TPSA) is 51.8 Å². The Morgan fingerprint density at radius 1 is 1.18 bits per heavy atom. The average Bonchev–Trinajstić information content (AvgIpc) is 2.34. The number of hydrogen-bond acceptors (Lipinski definition) is 3. The van der Waals surface area contributed by atoms with Crippen LogP contribution in [0.3, 0.4) is 0 Å². The number of benzene rings is 1. The van der Waals surface area contributed by atoms with E-state index in [-0.39, 0.29) is 5.92 Å². The molecule has 0 radical (unpaired) electrons. The summed E-state index contributed by atoms with van der Waals surface area (Å²) in [5.41, 5.74) is 6.67. The van der Waals surface area contributed by atoms with Crippen molar-refractivity contribution in [1.82, 2.24) is 9.97 Å². The fourth-order valence-corrected chi connectivity index (χ4v) is 2.19. The molecule has 1 aromatic heterocycles. The van der Waals surface area contributed by atoms with Crippen LogP contribution in [0.4, 0.5) is 0 Å². The molecule has 0 saturated carbocycles. The van der Waals surface area contributed by atoms with E-state index in [1.807, 2.05) is 6.07 Å². The molecular formula is C12H11Cl2N3. The van der Waals surface area contributed by atoms with Crippen molar-refractivity contribution in [2.24, 2.45) is 5.73 Å². The predicted octanol–water partition coefficient (Wildman–Crippen LogP) is 2.87. The van der Waals surface area contributed by atoms with Crippen molar-refractivity contribution < 1.29 is 0 Å². The number of rotatable bonds is 3. The van der Waals surface area contributed by atoms with Gasteiger partial charge < -0.3 is 5.73 Å². The second-order valence-electron chi connectivity index (χ2n) is 3.56. The van der Waals surface area contributed by atoms with Gasteiger partial charge in [-0.1, -0.05) is 29.3 Å². The van der Waals surface area contributed by atoms with Crippen molar-refractivity contribution in [2.45, 2.75) is 5.92 Å². The molecule has 1 atom stereocenters. The van der Waals surface area contributed by atoms with Crippen LogP contribution >= 0.6 is 23.2 Å². The minimum absolute atomic E-state index is 0.110. The Morgan fingerprint density at radius 3 is 2.47 bits per heavy atom. The van der Waals surface area contributed by atoms with Crippen molar-refractivity contribution in [3.05, 3.63) is 58.1 Å².